The van der Waals surface area contributed by atoms with Crippen LogP contribution in [0.15, 0.2) is 12.1 Å². The second-order valence-electron chi connectivity index (χ2n) is 2.77. The third-order valence-corrected chi connectivity index (χ3v) is 2.39. The second-order valence-corrected chi connectivity index (χ2v) is 3.45. The zero-order chi connectivity index (χ0) is 11.6. The molecule has 0 aliphatic rings. The van der Waals surface area contributed by atoms with Gasteiger partial charge in [-0.1, -0.05) is 11.6 Å². The van der Waals surface area contributed by atoms with Crippen LogP contribution in [0.3, 0.4) is 0 Å². The lowest BCUT2D eigenvalue weighted by Gasteiger charge is -2.14. The van der Waals surface area contributed by atoms with Crippen molar-refractivity contribution >= 4 is 23.2 Å². The van der Waals surface area contributed by atoms with Crippen LogP contribution in [0, 0.1) is 0 Å². The number of alkyl halides is 4. The van der Waals surface area contributed by atoms with Crippen LogP contribution < -0.4 is 4.74 Å². The number of rotatable bonds is 2. The fourth-order valence-electron chi connectivity index (χ4n) is 1.18. The summed E-state index contributed by atoms with van der Waals surface area (Å²) in [5.74, 6) is -0.0187. The number of ether oxygens (including phenoxy) is 1. The first-order valence-corrected chi connectivity index (χ1v) is 4.81. The lowest BCUT2D eigenvalue weighted by molar-refractivity contribution is -0.138. The number of methoxy groups -OCH3 is 1. The largest absolute Gasteiger partial charge is 0.497 e. The molecule has 15 heavy (non-hydrogen) atoms. The first kappa shape index (κ1) is 12.5. The molecular weight excluding hydrogens is 252 g/mol. The Morgan fingerprint density at radius 3 is 2.33 bits per heavy atom. The molecule has 0 radical (unpaired) electrons. The summed E-state index contributed by atoms with van der Waals surface area (Å²) >= 11 is 10.9. The highest BCUT2D eigenvalue weighted by Gasteiger charge is 2.36. The molecule has 0 unspecified atom stereocenters. The minimum absolute atomic E-state index is 0.0893. The Hall–Kier alpha value is -0.610. The van der Waals surface area contributed by atoms with Crippen molar-refractivity contribution in [2.24, 2.45) is 0 Å². The van der Waals surface area contributed by atoms with E-state index in [1.807, 2.05) is 0 Å². The molecule has 1 aromatic carbocycles. The van der Waals surface area contributed by atoms with Crippen molar-refractivity contribution in [3.05, 3.63) is 28.3 Å². The van der Waals surface area contributed by atoms with Crippen molar-refractivity contribution in [3.8, 4) is 5.75 Å². The fraction of sp³-hybridized carbons (Fsp3) is 0.333. The van der Waals surface area contributed by atoms with Crippen molar-refractivity contribution in [3.63, 3.8) is 0 Å². The average Bonchev–Trinajstić information content (AvgIpc) is 2.14. The number of hydrogen-bond donors (Lipinski definition) is 0. The summed E-state index contributed by atoms with van der Waals surface area (Å²) in [6, 6.07) is 2.34. The highest BCUT2D eigenvalue weighted by Crippen LogP contribution is 2.39. The lowest BCUT2D eigenvalue weighted by atomic mass is 10.1. The monoisotopic (exact) mass is 258 g/mol. The van der Waals surface area contributed by atoms with Gasteiger partial charge in [0.1, 0.15) is 5.75 Å². The zero-order valence-electron chi connectivity index (χ0n) is 7.66. The van der Waals surface area contributed by atoms with Gasteiger partial charge < -0.3 is 4.74 Å². The van der Waals surface area contributed by atoms with Gasteiger partial charge in [-0.05, 0) is 17.7 Å². The fourth-order valence-corrected chi connectivity index (χ4v) is 1.72. The van der Waals surface area contributed by atoms with E-state index in [-0.39, 0.29) is 17.2 Å². The minimum atomic E-state index is -4.51. The topological polar surface area (TPSA) is 9.23 Å². The quantitative estimate of drug-likeness (QED) is 0.726. The average molecular weight is 259 g/mol. The molecule has 0 aliphatic carbocycles. The molecule has 1 aromatic rings. The minimum Gasteiger partial charge on any atom is -0.497 e. The van der Waals surface area contributed by atoms with E-state index < -0.39 is 16.8 Å². The second kappa shape index (κ2) is 4.49. The molecule has 0 spiro atoms. The molecule has 0 bridgehead atoms. The summed E-state index contributed by atoms with van der Waals surface area (Å²) in [4.78, 5) is 0. The summed E-state index contributed by atoms with van der Waals surface area (Å²) in [7, 11) is 1.34. The highest BCUT2D eigenvalue weighted by atomic mass is 35.5. The van der Waals surface area contributed by atoms with Crippen molar-refractivity contribution in [1.82, 2.24) is 0 Å². The number of hydrogen-bond acceptors (Lipinski definition) is 1. The third kappa shape index (κ3) is 2.69. The molecule has 0 amide bonds. The molecule has 0 fully saturated rings. The van der Waals surface area contributed by atoms with E-state index in [0.717, 1.165) is 6.07 Å². The Kier molecular flexibility index (Phi) is 3.73. The predicted octanol–water partition coefficient (Wildman–Crippen LogP) is 4.11. The van der Waals surface area contributed by atoms with Crippen molar-refractivity contribution in [2.75, 3.05) is 7.11 Å². The smallest absolute Gasteiger partial charge is 0.418 e. The Balaban J connectivity index is 3.38. The van der Waals surface area contributed by atoms with E-state index >= 15 is 0 Å². The van der Waals surface area contributed by atoms with Crippen molar-refractivity contribution < 1.29 is 17.9 Å². The Morgan fingerprint density at radius 1 is 1.33 bits per heavy atom. The van der Waals surface area contributed by atoms with Crippen LogP contribution in [0.2, 0.25) is 5.02 Å². The number of halogens is 5. The summed E-state index contributed by atoms with van der Waals surface area (Å²) in [5, 5.41) is -0.405. The van der Waals surface area contributed by atoms with Crippen LogP contribution in [0.1, 0.15) is 11.1 Å². The molecule has 0 atom stereocenters. The van der Waals surface area contributed by atoms with Gasteiger partial charge in [0.25, 0.3) is 0 Å². The molecule has 0 aliphatic heterocycles. The van der Waals surface area contributed by atoms with Gasteiger partial charge in [0.15, 0.2) is 0 Å². The summed E-state index contributed by atoms with van der Waals surface area (Å²) in [6.07, 6.45) is -4.51. The molecule has 0 aromatic heterocycles. The van der Waals surface area contributed by atoms with E-state index in [9.17, 15) is 13.2 Å². The van der Waals surface area contributed by atoms with Gasteiger partial charge in [0.05, 0.1) is 17.7 Å². The van der Waals surface area contributed by atoms with Gasteiger partial charge in [-0.3, -0.25) is 0 Å². The Bertz CT molecular complexity index is 363. The maximum absolute atomic E-state index is 12.5. The molecule has 1 nitrogen and oxygen atoms in total. The standard InChI is InChI=1S/C9H7Cl2F3O/c1-15-6-2-5(4-10)8(7(11)3-6)9(12,13)14/h2-3H,4H2,1H3. The predicted molar refractivity (Wildman–Crippen MR) is 52.6 cm³/mol. The van der Waals surface area contributed by atoms with Crippen LogP contribution in [-0.2, 0) is 12.1 Å². The van der Waals surface area contributed by atoms with Crippen LogP contribution >= 0.6 is 23.2 Å². The van der Waals surface area contributed by atoms with Gasteiger partial charge in [-0.2, -0.15) is 13.2 Å². The van der Waals surface area contributed by atoms with Crippen molar-refractivity contribution in [2.45, 2.75) is 12.1 Å². The summed E-state index contributed by atoms with van der Waals surface area (Å²) in [5.41, 5.74) is -0.992. The van der Waals surface area contributed by atoms with Crippen LogP contribution in [0.4, 0.5) is 13.2 Å². The van der Waals surface area contributed by atoms with Crippen LogP contribution in [0.5, 0.6) is 5.75 Å². The molecule has 1 rings (SSSR count). The summed E-state index contributed by atoms with van der Waals surface area (Å²) in [6.45, 7) is 0. The first-order valence-electron chi connectivity index (χ1n) is 3.89. The Labute approximate surface area is 94.7 Å². The molecule has 0 saturated carbocycles. The van der Waals surface area contributed by atoms with Gasteiger partial charge in [0.2, 0.25) is 0 Å². The van der Waals surface area contributed by atoms with E-state index in [4.69, 9.17) is 27.9 Å². The molecule has 0 N–H and O–H groups in total. The lowest BCUT2D eigenvalue weighted by Crippen LogP contribution is -2.09. The van der Waals surface area contributed by atoms with Gasteiger partial charge in [-0.25, -0.2) is 0 Å². The summed E-state index contributed by atoms with van der Waals surface area (Å²) < 4.78 is 42.4. The van der Waals surface area contributed by atoms with E-state index in [0.29, 0.717) is 0 Å². The van der Waals surface area contributed by atoms with E-state index in [2.05, 4.69) is 0 Å². The molecule has 0 saturated heterocycles. The zero-order valence-corrected chi connectivity index (χ0v) is 9.17. The third-order valence-electron chi connectivity index (χ3n) is 1.81. The maximum atomic E-state index is 12.5. The van der Waals surface area contributed by atoms with E-state index in [1.54, 1.807) is 0 Å². The normalized spacial score (nSPS) is 11.6. The van der Waals surface area contributed by atoms with Crippen LogP contribution in [0.25, 0.3) is 0 Å². The van der Waals surface area contributed by atoms with Gasteiger partial charge in [0, 0.05) is 5.88 Å². The maximum Gasteiger partial charge on any atom is 0.418 e. The number of benzene rings is 1. The molecule has 6 heteroatoms. The van der Waals surface area contributed by atoms with E-state index in [1.165, 1.54) is 13.2 Å². The van der Waals surface area contributed by atoms with Gasteiger partial charge in [-0.15, -0.1) is 11.6 Å². The molecule has 0 heterocycles. The van der Waals surface area contributed by atoms with Gasteiger partial charge >= 0.3 is 6.18 Å². The van der Waals surface area contributed by atoms with Crippen LogP contribution in [-0.4, -0.2) is 7.11 Å². The molecular formula is C9H7Cl2F3O. The first-order chi connectivity index (χ1) is 6.90. The Morgan fingerprint density at radius 2 is 1.93 bits per heavy atom. The van der Waals surface area contributed by atoms with Crippen molar-refractivity contribution in [1.29, 1.82) is 0 Å². The highest BCUT2D eigenvalue weighted by molar-refractivity contribution is 6.31. The molecule has 84 valence electrons. The SMILES string of the molecule is COc1cc(Cl)c(C(F)(F)F)c(CCl)c1.